The van der Waals surface area contributed by atoms with Gasteiger partial charge in [0.25, 0.3) is 0 Å². The lowest BCUT2D eigenvalue weighted by Gasteiger charge is -2.09. The molecular weight excluding hydrogens is 282 g/mol. The molecule has 0 spiro atoms. The highest BCUT2D eigenvalue weighted by Gasteiger charge is 2.08. The summed E-state index contributed by atoms with van der Waals surface area (Å²) in [6.07, 6.45) is 0. The molecule has 0 saturated carbocycles. The second-order valence-electron chi connectivity index (χ2n) is 3.29. The van der Waals surface area contributed by atoms with Gasteiger partial charge >= 0.3 is 0 Å². The zero-order valence-corrected chi connectivity index (χ0v) is 10.7. The van der Waals surface area contributed by atoms with E-state index in [0.29, 0.717) is 20.8 Å². The lowest BCUT2D eigenvalue weighted by Crippen LogP contribution is -1.86. The summed E-state index contributed by atoms with van der Waals surface area (Å²) in [6, 6.07) is 9.31. The van der Waals surface area contributed by atoms with Gasteiger partial charge in [-0.2, -0.15) is 0 Å². The second kappa shape index (κ2) is 5.05. The molecule has 2 rings (SSSR count). The molecule has 0 bridgehead atoms. The van der Waals surface area contributed by atoms with E-state index < -0.39 is 0 Å². The number of halogens is 3. The van der Waals surface area contributed by atoms with E-state index in [-0.39, 0.29) is 11.5 Å². The molecular formula is C12H7Cl3O2. The lowest BCUT2D eigenvalue weighted by atomic mass is 10.3. The molecule has 0 aliphatic carbocycles. The van der Waals surface area contributed by atoms with Gasteiger partial charge in [0.15, 0.2) is 11.5 Å². The Bertz CT molecular complexity index is 506. The molecule has 17 heavy (non-hydrogen) atoms. The first-order chi connectivity index (χ1) is 8.06. The van der Waals surface area contributed by atoms with Crippen molar-refractivity contribution in [2.75, 3.05) is 0 Å². The number of phenols is 1. The minimum atomic E-state index is -0.0227. The monoisotopic (exact) mass is 288 g/mol. The molecule has 88 valence electrons. The molecule has 2 aromatic rings. The first-order valence-electron chi connectivity index (χ1n) is 4.67. The minimum Gasteiger partial charge on any atom is -0.504 e. The third kappa shape index (κ3) is 2.97. The number of phenolic OH excluding ortho intramolecular Hbond substituents is 1. The van der Waals surface area contributed by atoms with Crippen LogP contribution in [0.25, 0.3) is 0 Å². The third-order valence-electron chi connectivity index (χ3n) is 2.04. The average molecular weight is 290 g/mol. The SMILES string of the molecule is Oc1ccc(Cl)cc1Oc1cc(Cl)ccc1Cl. The van der Waals surface area contributed by atoms with E-state index in [0.717, 1.165) is 0 Å². The number of rotatable bonds is 2. The summed E-state index contributed by atoms with van der Waals surface area (Å²) in [5.41, 5.74) is 0. The predicted molar refractivity (Wildman–Crippen MR) is 69.7 cm³/mol. The van der Waals surface area contributed by atoms with Crippen molar-refractivity contribution in [1.29, 1.82) is 0 Å². The molecule has 0 amide bonds. The number of aromatic hydroxyl groups is 1. The largest absolute Gasteiger partial charge is 0.504 e. The predicted octanol–water partition coefficient (Wildman–Crippen LogP) is 5.14. The van der Waals surface area contributed by atoms with Crippen LogP contribution in [0, 0.1) is 0 Å². The standard InChI is InChI=1S/C12H7Cl3O2/c13-7-1-3-9(15)11(5-7)17-12-6-8(14)2-4-10(12)16/h1-6,16H. The van der Waals surface area contributed by atoms with Crippen molar-refractivity contribution >= 4 is 34.8 Å². The van der Waals surface area contributed by atoms with Gasteiger partial charge in [-0.1, -0.05) is 34.8 Å². The quantitative estimate of drug-likeness (QED) is 0.829. The second-order valence-corrected chi connectivity index (χ2v) is 4.57. The first kappa shape index (κ1) is 12.4. The van der Waals surface area contributed by atoms with Crippen molar-refractivity contribution in [1.82, 2.24) is 0 Å². The Morgan fingerprint density at radius 1 is 0.824 bits per heavy atom. The van der Waals surface area contributed by atoms with Crippen molar-refractivity contribution in [2.45, 2.75) is 0 Å². The van der Waals surface area contributed by atoms with Gasteiger partial charge in [0.05, 0.1) is 5.02 Å². The summed E-state index contributed by atoms with van der Waals surface area (Å²) in [6.45, 7) is 0. The summed E-state index contributed by atoms with van der Waals surface area (Å²) in [4.78, 5) is 0. The Hall–Kier alpha value is -1.09. The number of hydrogen-bond acceptors (Lipinski definition) is 2. The van der Waals surface area contributed by atoms with Gasteiger partial charge < -0.3 is 9.84 Å². The Morgan fingerprint density at radius 3 is 2.12 bits per heavy atom. The summed E-state index contributed by atoms with van der Waals surface area (Å²) < 4.78 is 5.45. The van der Waals surface area contributed by atoms with Crippen molar-refractivity contribution in [3.05, 3.63) is 51.5 Å². The highest BCUT2D eigenvalue weighted by Crippen LogP contribution is 2.37. The molecule has 0 unspecified atom stereocenters. The van der Waals surface area contributed by atoms with Crippen LogP contribution in [0.5, 0.6) is 17.2 Å². The van der Waals surface area contributed by atoms with Crippen LogP contribution in [0.3, 0.4) is 0 Å². The molecule has 2 nitrogen and oxygen atoms in total. The van der Waals surface area contributed by atoms with Crippen molar-refractivity contribution in [3.63, 3.8) is 0 Å². The van der Waals surface area contributed by atoms with Crippen LogP contribution >= 0.6 is 34.8 Å². The molecule has 0 atom stereocenters. The Morgan fingerprint density at radius 2 is 1.41 bits per heavy atom. The van der Waals surface area contributed by atoms with E-state index in [1.165, 1.54) is 12.1 Å². The topological polar surface area (TPSA) is 29.5 Å². The highest BCUT2D eigenvalue weighted by atomic mass is 35.5. The summed E-state index contributed by atoms with van der Waals surface area (Å²) in [7, 11) is 0. The fraction of sp³-hybridized carbons (Fsp3) is 0. The van der Waals surface area contributed by atoms with Crippen LogP contribution in [-0.2, 0) is 0 Å². The van der Waals surface area contributed by atoms with E-state index in [1.807, 2.05) is 0 Å². The van der Waals surface area contributed by atoms with Crippen LogP contribution < -0.4 is 4.74 Å². The van der Waals surface area contributed by atoms with E-state index in [2.05, 4.69) is 0 Å². The maximum Gasteiger partial charge on any atom is 0.170 e. The van der Waals surface area contributed by atoms with Crippen LogP contribution in [0.1, 0.15) is 0 Å². The van der Waals surface area contributed by atoms with E-state index >= 15 is 0 Å². The van der Waals surface area contributed by atoms with Crippen molar-refractivity contribution < 1.29 is 9.84 Å². The lowest BCUT2D eigenvalue weighted by molar-refractivity contribution is 0.411. The van der Waals surface area contributed by atoms with Crippen LogP contribution in [-0.4, -0.2) is 5.11 Å². The van der Waals surface area contributed by atoms with Gasteiger partial charge in [-0.15, -0.1) is 0 Å². The number of hydrogen-bond donors (Lipinski definition) is 1. The summed E-state index contributed by atoms with van der Waals surface area (Å²) >= 11 is 17.6. The van der Waals surface area contributed by atoms with Crippen molar-refractivity contribution in [2.24, 2.45) is 0 Å². The fourth-order valence-corrected chi connectivity index (χ4v) is 1.72. The van der Waals surface area contributed by atoms with E-state index in [1.54, 1.807) is 24.3 Å². The molecule has 0 aliphatic rings. The fourth-order valence-electron chi connectivity index (χ4n) is 1.24. The average Bonchev–Trinajstić information content (AvgIpc) is 2.28. The zero-order valence-electron chi connectivity index (χ0n) is 8.45. The van der Waals surface area contributed by atoms with Gasteiger partial charge in [0.2, 0.25) is 0 Å². The smallest absolute Gasteiger partial charge is 0.170 e. The molecule has 0 saturated heterocycles. The Labute approximate surface area is 113 Å². The van der Waals surface area contributed by atoms with E-state index in [9.17, 15) is 5.11 Å². The molecule has 5 heteroatoms. The van der Waals surface area contributed by atoms with Gasteiger partial charge in [-0.3, -0.25) is 0 Å². The Balaban J connectivity index is 2.37. The number of benzene rings is 2. The Kier molecular flexibility index (Phi) is 3.67. The van der Waals surface area contributed by atoms with Gasteiger partial charge in [0.1, 0.15) is 5.75 Å². The maximum absolute atomic E-state index is 9.60. The minimum absolute atomic E-state index is 0.0227. The number of ether oxygens (including phenoxy) is 1. The molecule has 1 N–H and O–H groups in total. The summed E-state index contributed by atoms with van der Waals surface area (Å²) in [5.74, 6) is 0.559. The van der Waals surface area contributed by atoms with Gasteiger partial charge in [0, 0.05) is 22.2 Å². The molecule has 0 heterocycles. The zero-order chi connectivity index (χ0) is 12.4. The van der Waals surface area contributed by atoms with Gasteiger partial charge in [-0.05, 0) is 24.3 Å². The van der Waals surface area contributed by atoms with Crippen LogP contribution in [0.2, 0.25) is 15.1 Å². The normalized spacial score (nSPS) is 10.3. The molecule has 0 fully saturated rings. The van der Waals surface area contributed by atoms with Gasteiger partial charge in [-0.25, -0.2) is 0 Å². The summed E-state index contributed by atoms with van der Waals surface area (Å²) in [5, 5.41) is 10.9. The van der Waals surface area contributed by atoms with E-state index in [4.69, 9.17) is 39.5 Å². The molecule has 0 radical (unpaired) electrons. The maximum atomic E-state index is 9.60. The molecule has 2 aromatic carbocycles. The third-order valence-corrected chi connectivity index (χ3v) is 2.82. The van der Waals surface area contributed by atoms with Crippen LogP contribution in [0.4, 0.5) is 0 Å². The van der Waals surface area contributed by atoms with Crippen LogP contribution in [0.15, 0.2) is 36.4 Å². The molecule has 0 aromatic heterocycles. The van der Waals surface area contributed by atoms with Crippen molar-refractivity contribution in [3.8, 4) is 17.2 Å². The first-order valence-corrected chi connectivity index (χ1v) is 5.81. The highest BCUT2D eigenvalue weighted by molar-refractivity contribution is 6.34. The molecule has 0 aliphatic heterocycles.